The van der Waals surface area contributed by atoms with E-state index in [1.807, 2.05) is 4.72 Å². The first-order chi connectivity index (χ1) is 6.93. The third-order valence-electron chi connectivity index (χ3n) is 2.75. The molecule has 4 nitrogen and oxygen atoms in total. The van der Waals surface area contributed by atoms with E-state index in [1.54, 1.807) is 0 Å². The summed E-state index contributed by atoms with van der Waals surface area (Å²) < 4.78 is 47.4. The fraction of sp³-hybridized carbons (Fsp3) is 1.00. The molecule has 3 N–H and O–H groups in total. The smallest absolute Gasteiger partial charge is 0.327 e. The summed E-state index contributed by atoms with van der Waals surface area (Å²) in [7, 11) is -4.46. The topological polar surface area (TPSA) is 72.2 Å². The molecule has 0 amide bonds. The van der Waals surface area contributed by atoms with Crippen LogP contribution in [0, 0.1) is 5.92 Å². The predicted octanol–water partition coefficient (Wildman–Crippen LogP) is 0.646. The maximum Gasteiger partial charge on any atom is 0.350 e. The van der Waals surface area contributed by atoms with Gasteiger partial charge in [-0.05, 0) is 18.8 Å². The molecule has 1 rings (SSSR count). The number of rotatable bonds is 4. The fourth-order valence-electron chi connectivity index (χ4n) is 1.78. The quantitative estimate of drug-likeness (QED) is 0.760. The van der Waals surface area contributed by atoms with Crippen molar-refractivity contribution in [2.45, 2.75) is 37.5 Å². The maximum absolute atomic E-state index is 12.0. The Labute approximate surface area is 88.3 Å². The summed E-state index contributed by atoms with van der Waals surface area (Å²) >= 11 is 0. The van der Waals surface area contributed by atoms with Gasteiger partial charge in [-0.2, -0.15) is 8.78 Å². The summed E-state index contributed by atoms with van der Waals surface area (Å²) in [4.78, 5) is 0. The van der Waals surface area contributed by atoms with Crippen molar-refractivity contribution in [3.05, 3.63) is 0 Å². The second-order valence-corrected chi connectivity index (χ2v) is 5.60. The van der Waals surface area contributed by atoms with Crippen molar-refractivity contribution in [3.63, 3.8) is 0 Å². The van der Waals surface area contributed by atoms with E-state index in [9.17, 15) is 17.2 Å². The van der Waals surface area contributed by atoms with Crippen LogP contribution in [0.5, 0.6) is 0 Å². The normalized spacial score (nSPS) is 28.3. The van der Waals surface area contributed by atoms with E-state index in [4.69, 9.17) is 5.73 Å². The van der Waals surface area contributed by atoms with Crippen molar-refractivity contribution in [2.24, 2.45) is 11.7 Å². The number of nitrogens with one attached hydrogen (secondary N) is 1. The zero-order valence-corrected chi connectivity index (χ0v) is 9.14. The Bertz CT molecular complexity index is 295. The number of hydrogen-bond donors (Lipinski definition) is 2. The molecule has 2 unspecified atom stereocenters. The van der Waals surface area contributed by atoms with Gasteiger partial charge in [-0.15, -0.1) is 0 Å². The van der Waals surface area contributed by atoms with Crippen molar-refractivity contribution >= 4 is 10.0 Å². The third-order valence-corrected chi connectivity index (χ3v) is 3.79. The molecule has 1 fully saturated rings. The minimum atomic E-state index is -4.46. The van der Waals surface area contributed by atoms with Gasteiger partial charge in [-0.1, -0.05) is 12.8 Å². The van der Waals surface area contributed by atoms with Crippen LogP contribution in [0.25, 0.3) is 0 Å². The van der Waals surface area contributed by atoms with Gasteiger partial charge in [-0.3, -0.25) is 0 Å². The maximum atomic E-state index is 12.0. The van der Waals surface area contributed by atoms with E-state index in [0.717, 1.165) is 25.7 Å². The highest BCUT2D eigenvalue weighted by molar-refractivity contribution is 7.89. The van der Waals surface area contributed by atoms with E-state index in [0.29, 0.717) is 0 Å². The molecule has 0 aliphatic heterocycles. The van der Waals surface area contributed by atoms with Gasteiger partial charge in [0.2, 0.25) is 0 Å². The van der Waals surface area contributed by atoms with Gasteiger partial charge in [0.15, 0.2) is 0 Å². The molecule has 15 heavy (non-hydrogen) atoms. The summed E-state index contributed by atoms with van der Waals surface area (Å²) in [6.45, 7) is 0.0217. The van der Waals surface area contributed by atoms with Crippen molar-refractivity contribution in [3.8, 4) is 0 Å². The third kappa shape index (κ3) is 3.66. The Morgan fingerprint density at radius 2 is 1.93 bits per heavy atom. The summed E-state index contributed by atoms with van der Waals surface area (Å²) in [5, 5.41) is 0. The van der Waals surface area contributed by atoms with Gasteiger partial charge in [0, 0.05) is 12.6 Å². The first kappa shape index (κ1) is 12.8. The summed E-state index contributed by atoms with van der Waals surface area (Å²) in [5.41, 5.74) is 5.76. The predicted molar refractivity (Wildman–Crippen MR) is 52.9 cm³/mol. The number of sulfonamides is 1. The molecule has 0 heterocycles. The van der Waals surface area contributed by atoms with E-state index < -0.39 is 15.8 Å². The van der Waals surface area contributed by atoms with Crippen LogP contribution in [0.3, 0.4) is 0 Å². The van der Waals surface area contributed by atoms with E-state index >= 15 is 0 Å². The Morgan fingerprint density at radius 1 is 1.33 bits per heavy atom. The van der Waals surface area contributed by atoms with Gasteiger partial charge in [0.1, 0.15) is 0 Å². The number of hydrogen-bond acceptors (Lipinski definition) is 3. The van der Waals surface area contributed by atoms with Crippen molar-refractivity contribution in [1.29, 1.82) is 0 Å². The lowest BCUT2D eigenvalue weighted by atomic mass is 9.85. The van der Waals surface area contributed by atoms with Gasteiger partial charge in [0.05, 0.1) is 0 Å². The van der Waals surface area contributed by atoms with Crippen LogP contribution in [-0.2, 0) is 10.0 Å². The molecule has 2 atom stereocenters. The molecule has 0 aromatic rings. The molecule has 7 heteroatoms. The van der Waals surface area contributed by atoms with E-state index in [-0.39, 0.29) is 18.5 Å². The SMILES string of the molecule is NC1CCCCC1CNS(=O)(=O)C(F)F. The molecule has 90 valence electrons. The van der Waals surface area contributed by atoms with Gasteiger partial charge in [0.25, 0.3) is 10.0 Å². The number of nitrogens with two attached hydrogens (primary N) is 1. The number of halogens is 2. The lowest BCUT2D eigenvalue weighted by Crippen LogP contribution is -2.42. The number of alkyl halides is 2. The molecule has 1 saturated carbocycles. The lowest BCUT2D eigenvalue weighted by Gasteiger charge is -2.28. The van der Waals surface area contributed by atoms with Gasteiger partial charge < -0.3 is 5.73 Å². The van der Waals surface area contributed by atoms with Gasteiger partial charge >= 0.3 is 5.76 Å². The zero-order chi connectivity index (χ0) is 11.5. The van der Waals surface area contributed by atoms with Crippen LogP contribution in [-0.4, -0.2) is 26.8 Å². The van der Waals surface area contributed by atoms with Crippen LogP contribution in [0.4, 0.5) is 8.78 Å². The van der Waals surface area contributed by atoms with Crippen LogP contribution >= 0.6 is 0 Å². The highest BCUT2D eigenvalue weighted by Gasteiger charge is 2.27. The van der Waals surface area contributed by atoms with Crippen LogP contribution in [0.1, 0.15) is 25.7 Å². The van der Waals surface area contributed by atoms with Crippen molar-refractivity contribution < 1.29 is 17.2 Å². The second-order valence-electron chi connectivity index (χ2n) is 3.86. The summed E-state index contributed by atoms with van der Waals surface area (Å²) in [5.74, 6) is -3.38. The molecule has 0 aromatic carbocycles. The Hall–Kier alpha value is -0.270. The van der Waals surface area contributed by atoms with Crippen LogP contribution < -0.4 is 10.5 Å². The average Bonchev–Trinajstić information content (AvgIpc) is 2.16. The zero-order valence-electron chi connectivity index (χ0n) is 8.33. The minimum Gasteiger partial charge on any atom is -0.327 e. The minimum absolute atomic E-state index is 0.0210. The molecule has 1 aliphatic rings. The molecule has 1 aliphatic carbocycles. The van der Waals surface area contributed by atoms with Gasteiger partial charge in [-0.25, -0.2) is 13.1 Å². The molecule has 0 aromatic heterocycles. The molecule has 0 radical (unpaired) electrons. The first-order valence-electron chi connectivity index (χ1n) is 4.95. The molecular weight excluding hydrogens is 226 g/mol. The molecule has 0 spiro atoms. The highest BCUT2D eigenvalue weighted by Crippen LogP contribution is 2.22. The lowest BCUT2D eigenvalue weighted by molar-refractivity contribution is 0.230. The standard InChI is InChI=1S/C8H16F2N2O2S/c9-8(10)15(13,14)12-5-6-3-1-2-4-7(6)11/h6-8,12H,1-5,11H2. The van der Waals surface area contributed by atoms with Crippen LogP contribution in [0.2, 0.25) is 0 Å². The van der Waals surface area contributed by atoms with E-state index in [2.05, 4.69) is 0 Å². The largest absolute Gasteiger partial charge is 0.350 e. The highest BCUT2D eigenvalue weighted by atomic mass is 32.2. The second kappa shape index (κ2) is 5.18. The Balaban J connectivity index is 2.42. The Kier molecular flexibility index (Phi) is 4.42. The summed E-state index contributed by atoms with van der Waals surface area (Å²) in [6, 6.07) is -0.0841. The monoisotopic (exact) mass is 242 g/mol. The van der Waals surface area contributed by atoms with E-state index in [1.165, 1.54) is 0 Å². The fourth-order valence-corrected chi connectivity index (χ4v) is 2.35. The van der Waals surface area contributed by atoms with Crippen molar-refractivity contribution in [1.82, 2.24) is 4.72 Å². The van der Waals surface area contributed by atoms with Crippen LogP contribution in [0.15, 0.2) is 0 Å². The average molecular weight is 242 g/mol. The molecular formula is C8H16F2N2O2S. The summed E-state index contributed by atoms with van der Waals surface area (Å²) in [6.07, 6.45) is 3.64. The van der Waals surface area contributed by atoms with Crippen molar-refractivity contribution in [2.75, 3.05) is 6.54 Å². The molecule has 0 saturated heterocycles. The first-order valence-corrected chi connectivity index (χ1v) is 6.50. The molecule has 0 bridgehead atoms. The Morgan fingerprint density at radius 3 is 2.47 bits per heavy atom.